The highest BCUT2D eigenvalue weighted by Gasteiger charge is 2.23. The summed E-state index contributed by atoms with van der Waals surface area (Å²) in [6.07, 6.45) is 0.683. The topological polar surface area (TPSA) is 63.3 Å². The maximum Gasteiger partial charge on any atom is 0.309 e. The van der Waals surface area contributed by atoms with Crippen LogP contribution in [0.2, 0.25) is 0 Å². The average Bonchev–Trinajstić information content (AvgIpc) is 1.83. The van der Waals surface area contributed by atoms with Crippen molar-refractivity contribution in [3.8, 4) is 0 Å². The van der Waals surface area contributed by atoms with Crippen molar-refractivity contribution in [1.29, 1.82) is 0 Å². The van der Waals surface area contributed by atoms with E-state index in [0.29, 0.717) is 6.42 Å². The summed E-state index contributed by atoms with van der Waals surface area (Å²) in [5, 5.41) is 8.44. The normalized spacial score (nSPS) is 11.6. The van der Waals surface area contributed by atoms with Crippen molar-refractivity contribution in [3.05, 3.63) is 0 Å². The quantitative estimate of drug-likeness (QED) is 0.700. The number of carbonyl (C=O) groups is 1. The predicted octanol–water partition coefficient (Wildman–Crippen LogP) is 2.25. The molecule has 0 bridgehead atoms. The molecule has 13 heavy (non-hydrogen) atoms. The summed E-state index contributed by atoms with van der Waals surface area (Å²) in [6, 6.07) is 0. The summed E-state index contributed by atoms with van der Waals surface area (Å²) in [5.41, 5.74) is 4.81. The van der Waals surface area contributed by atoms with Gasteiger partial charge in [-0.05, 0) is 41.0 Å². The Bertz CT molecular complexity index is 151. The summed E-state index contributed by atoms with van der Waals surface area (Å²) in [6.45, 7) is 11.2. The summed E-state index contributed by atoms with van der Waals surface area (Å²) in [5.74, 6) is -0.722. The van der Waals surface area contributed by atoms with Crippen LogP contribution in [-0.4, -0.2) is 16.6 Å². The third-order valence-electron chi connectivity index (χ3n) is 1.46. The predicted molar refractivity (Wildman–Crippen MR) is 55.6 cm³/mol. The van der Waals surface area contributed by atoms with E-state index in [4.69, 9.17) is 10.8 Å². The number of hydrogen-bond donors (Lipinski definition) is 2. The van der Waals surface area contributed by atoms with Gasteiger partial charge in [0.2, 0.25) is 0 Å². The van der Waals surface area contributed by atoms with Gasteiger partial charge in [0.15, 0.2) is 0 Å². The number of carboxylic acids is 1. The van der Waals surface area contributed by atoms with E-state index < -0.39 is 11.4 Å². The SMILES string of the molecule is CC(C)(C)N.CCC(C)(C)C(=O)O. The van der Waals surface area contributed by atoms with Gasteiger partial charge in [-0.25, -0.2) is 0 Å². The molecule has 0 unspecified atom stereocenters. The Morgan fingerprint density at radius 3 is 1.46 bits per heavy atom. The highest BCUT2D eigenvalue weighted by molar-refractivity contribution is 5.73. The van der Waals surface area contributed by atoms with E-state index >= 15 is 0 Å². The molecule has 0 aliphatic carbocycles. The van der Waals surface area contributed by atoms with Crippen molar-refractivity contribution in [2.75, 3.05) is 0 Å². The summed E-state index contributed by atoms with van der Waals surface area (Å²) >= 11 is 0. The zero-order chi connectivity index (χ0) is 11.3. The van der Waals surface area contributed by atoms with Crippen LogP contribution < -0.4 is 5.73 Å². The molecule has 0 spiro atoms. The highest BCUT2D eigenvalue weighted by Crippen LogP contribution is 2.18. The van der Waals surface area contributed by atoms with Crippen LogP contribution >= 0.6 is 0 Å². The molecule has 80 valence electrons. The van der Waals surface area contributed by atoms with Crippen molar-refractivity contribution in [2.24, 2.45) is 11.1 Å². The first kappa shape index (κ1) is 14.9. The van der Waals surface area contributed by atoms with E-state index in [-0.39, 0.29) is 5.54 Å². The second kappa shape index (κ2) is 5.22. The number of carboxylic acid groups (broad SMARTS) is 1. The minimum absolute atomic E-state index is 0. The molecule has 0 aromatic rings. The molecule has 3 N–H and O–H groups in total. The van der Waals surface area contributed by atoms with Gasteiger partial charge < -0.3 is 10.8 Å². The van der Waals surface area contributed by atoms with Gasteiger partial charge in [-0.1, -0.05) is 6.92 Å². The van der Waals surface area contributed by atoms with Crippen LogP contribution in [0.15, 0.2) is 0 Å². The molecule has 0 heterocycles. The van der Waals surface area contributed by atoms with Crippen LogP contribution in [0.1, 0.15) is 48.0 Å². The van der Waals surface area contributed by atoms with Crippen LogP contribution in [0.4, 0.5) is 0 Å². The van der Waals surface area contributed by atoms with E-state index in [2.05, 4.69) is 0 Å². The third-order valence-corrected chi connectivity index (χ3v) is 1.46. The lowest BCUT2D eigenvalue weighted by Gasteiger charge is -2.14. The van der Waals surface area contributed by atoms with Gasteiger partial charge in [0.25, 0.3) is 0 Å². The Labute approximate surface area is 81.3 Å². The smallest absolute Gasteiger partial charge is 0.309 e. The Balaban J connectivity index is 0. The Kier molecular flexibility index (Phi) is 6.00. The van der Waals surface area contributed by atoms with Crippen molar-refractivity contribution in [1.82, 2.24) is 0 Å². The largest absolute Gasteiger partial charge is 0.481 e. The molecule has 0 rings (SSSR count). The third kappa shape index (κ3) is 14.3. The molecule has 0 aromatic carbocycles. The number of aliphatic carboxylic acids is 1. The van der Waals surface area contributed by atoms with Crippen LogP contribution in [0, 0.1) is 5.41 Å². The molecule has 3 heteroatoms. The lowest BCUT2D eigenvalue weighted by molar-refractivity contribution is -0.147. The standard InChI is InChI=1S/C6H12O2.C4H11N/c1-4-6(2,3)5(7)8;1-4(2,3)5/h4H2,1-3H3,(H,7,8);5H2,1-3H3. The molecule has 0 amide bonds. The Hall–Kier alpha value is -0.570. The molecular formula is C10H23NO2. The van der Waals surface area contributed by atoms with Gasteiger partial charge in [-0.15, -0.1) is 0 Å². The molecule has 0 atom stereocenters. The second-order valence-corrected chi connectivity index (χ2v) is 4.91. The first-order valence-electron chi connectivity index (χ1n) is 4.53. The monoisotopic (exact) mass is 189 g/mol. The highest BCUT2D eigenvalue weighted by atomic mass is 16.4. The second-order valence-electron chi connectivity index (χ2n) is 4.91. The fraction of sp³-hybridized carbons (Fsp3) is 0.900. The van der Waals surface area contributed by atoms with Gasteiger partial charge in [-0.2, -0.15) is 0 Å². The minimum atomic E-state index is -0.722. The van der Waals surface area contributed by atoms with Crippen LogP contribution in [0.5, 0.6) is 0 Å². The van der Waals surface area contributed by atoms with Gasteiger partial charge in [-0.3, -0.25) is 4.79 Å². The zero-order valence-corrected chi connectivity index (χ0v) is 9.64. The molecule has 0 saturated carbocycles. The zero-order valence-electron chi connectivity index (χ0n) is 9.64. The van der Waals surface area contributed by atoms with Crippen molar-refractivity contribution in [2.45, 2.75) is 53.5 Å². The summed E-state index contributed by atoms with van der Waals surface area (Å²) < 4.78 is 0. The number of nitrogens with two attached hydrogens (primary N) is 1. The molecule has 3 nitrogen and oxygen atoms in total. The number of hydrogen-bond acceptors (Lipinski definition) is 2. The van der Waals surface area contributed by atoms with E-state index in [0.717, 1.165) is 0 Å². The molecule has 0 saturated heterocycles. The lowest BCUT2D eigenvalue weighted by Crippen LogP contribution is -2.26. The van der Waals surface area contributed by atoms with E-state index in [1.54, 1.807) is 13.8 Å². The van der Waals surface area contributed by atoms with Gasteiger partial charge in [0, 0.05) is 5.54 Å². The molecule has 0 aliphatic heterocycles. The van der Waals surface area contributed by atoms with E-state index in [1.807, 2.05) is 27.7 Å². The van der Waals surface area contributed by atoms with E-state index in [1.165, 1.54) is 0 Å². The molecule has 0 aliphatic rings. The van der Waals surface area contributed by atoms with Crippen LogP contribution in [0.25, 0.3) is 0 Å². The van der Waals surface area contributed by atoms with Crippen LogP contribution in [-0.2, 0) is 4.79 Å². The fourth-order valence-corrected chi connectivity index (χ4v) is 0.151. The maximum atomic E-state index is 10.3. The average molecular weight is 189 g/mol. The number of rotatable bonds is 2. The summed E-state index contributed by atoms with van der Waals surface area (Å²) in [7, 11) is 0. The van der Waals surface area contributed by atoms with Gasteiger partial charge >= 0.3 is 5.97 Å². The first-order valence-corrected chi connectivity index (χ1v) is 4.53. The Morgan fingerprint density at radius 1 is 1.23 bits per heavy atom. The van der Waals surface area contributed by atoms with Crippen molar-refractivity contribution < 1.29 is 9.90 Å². The van der Waals surface area contributed by atoms with Gasteiger partial charge in [0.1, 0.15) is 0 Å². The minimum Gasteiger partial charge on any atom is -0.481 e. The molecule has 0 aromatic heterocycles. The van der Waals surface area contributed by atoms with Crippen LogP contribution in [0.3, 0.4) is 0 Å². The van der Waals surface area contributed by atoms with Crippen molar-refractivity contribution >= 4 is 5.97 Å². The lowest BCUT2D eigenvalue weighted by atomic mass is 9.91. The van der Waals surface area contributed by atoms with Crippen molar-refractivity contribution in [3.63, 3.8) is 0 Å². The fourth-order valence-electron chi connectivity index (χ4n) is 0.151. The molecule has 0 fully saturated rings. The van der Waals surface area contributed by atoms with E-state index in [9.17, 15) is 4.79 Å². The first-order chi connectivity index (χ1) is 5.50. The van der Waals surface area contributed by atoms with Gasteiger partial charge in [0.05, 0.1) is 5.41 Å². The maximum absolute atomic E-state index is 10.3. The Morgan fingerprint density at radius 2 is 1.46 bits per heavy atom. The molecule has 0 radical (unpaired) electrons. The summed E-state index contributed by atoms with van der Waals surface area (Å²) in [4.78, 5) is 10.3. The molecular weight excluding hydrogens is 166 g/mol.